The number of carbonyl (C=O) groups is 2. The Kier molecular flexibility index (Phi) is 5.78. The van der Waals surface area contributed by atoms with Crippen LogP contribution in [0.5, 0.6) is 0 Å². The number of benzene rings is 3. The summed E-state index contributed by atoms with van der Waals surface area (Å²) >= 11 is 12.5. The highest BCUT2D eigenvalue weighted by atomic mass is 35.5. The van der Waals surface area contributed by atoms with E-state index in [2.05, 4.69) is 0 Å². The zero-order chi connectivity index (χ0) is 23.9. The fourth-order valence-electron chi connectivity index (χ4n) is 4.33. The molecule has 2 heterocycles. The molecule has 3 aromatic carbocycles. The number of rotatable bonds is 6. The Labute approximate surface area is 206 Å². The van der Waals surface area contributed by atoms with Crippen LogP contribution in [0.3, 0.4) is 0 Å². The molecule has 5 nitrogen and oxygen atoms in total. The molecular weight excluding hydrogens is 471 g/mol. The van der Waals surface area contributed by atoms with Crippen LogP contribution in [-0.2, 0) is 16.9 Å². The van der Waals surface area contributed by atoms with Crippen LogP contribution >= 0.6 is 23.2 Å². The van der Waals surface area contributed by atoms with Crippen molar-refractivity contribution in [3.8, 4) is 5.69 Å². The van der Waals surface area contributed by atoms with Gasteiger partial charge >= 0.3 is 0 Å². The molecule has 1 N–H and O–H groups in total. The summed E-state index contributed by atoms with van der Waals surface area (Å²) in [6.07, 6.45) is 3.35. The minimum absolute atomic E-state index is 0.159. The van der Waals surface area contributed by atoms with E-state index in [1.54, 1.807) is 42.5 Å². The molecule has 0 spiro atoms. The molecule has 0 fully saturated rings. The van der Waals surface area contributed by atoms with Crippen molar-refractivity contribution in [1.82, 2.24) is 4.57 Å². The molecule has 1 amide bonds. The number of hydrogen-bond donors (Lipinski definition) is 1. The minimum Gasteiger partial charge on any atom is -0.375 e. The number of aromatic nitrogens is 1. The number of ketones is 1. The summed E-state index contributed by atoms with van der Waals surface area (Å²) in [4.78, 5) is 28.3. The number of aliphatic hydroxyl groups is 1. The predicted molar refractivity (Wildman–Crippen MR) is 133 cm³/mol. The maximum Gasteiger partial charge on any atom is 0.264 e. The maximum atomic E-state index is 13.6. The number of amides is 1. The second-order valence-corrected chi connectivity index (χ2v) is 9.09. The molecule has 0 radical (unpaired) electrons. The van der Waals surface area contributed by atoms with Crippen molar-refractivity contribution in [2.75, 3.05) is 4.90 Å². The molecule has 5 rings (SSSR count). The molecule has 1 atom stereocenters. The van der Waals surface area contributed by atoms with Gasteiger partial charge in [-0.25, -0.2) is 0 Å². The summed E-state index contributed by atoms with van der Waals surface area (Å²) in [5, 5.41) is 12.5. The Hall–Kier alpha value is -3.38. The monoisotopic (exact) mass is 490 g/mol. The van der Waals surface area contributed by atoms with E-state index in [-0.39, 0.29) is 12.3 Å². The Morgan fingerprint density at radius 2 is 1.68 bits per heavy atom. The van der Waals surface area contributed by atoms with Gasteiger partial charge in [0.2, 0.25) is 0 Å². The van der Waals surface area contributed by atoms with Crippen molar-refractivity contribution in [2.45, 2.75) is 18.6 Å². The number of Topliss-reactive ketones (excluding diaryl/α,β-unsaturated/α-hetero) is 1. The quantitative estimate of drug-likeness (QED) is 0.347. The second-order valence-electron chi connectivity index (χ2n) is 8.25. The Morgan fingerprint density at radius 1 is 0.912 bits per heavy atom. The minimum atomic E-state index is -2.04. The van der Waals surface area contributed by atoms with Crippen LogP contribution in [0.4, 0.5) is 5.69 Å². The van der Waals surface area contributed by atoms with Gasteiger partial charge in [0, 0.05) is 39.3 Å². The standard InChI is InChI=1S/C27H20Cl2N2O3/c28-20-10-11-24-22(15-20)27(34,26(33)31(24)17-19-6-1-2-9-23(19)29)16-25(32)18-7-5-8-21(14-18)30-12-3-4-13-30/h1-15,34H,16-17H2. The number of fused-ring (bicyclic) bond motifs is 1. The van der Waals surface area contributed by atoms with E-state index in [0.29, 0.717) is 26.9 Å². The van der Waals surface area contributed by atoms with Gasteiger partial charge in [0.05, 0.1) is 18.7 Å². The average molecular weight is 491 g/mol. The van der Waals surface area contributed by atoms with Crippen LogP contribution in [0.25, 0.3) is 5.69 Å². The van der Waals surface area contributed by atoms with Gasteiger partial charge in [-0.1, -0.05) is 53.5 Å². The SMILES string of the molecule is O=C(CC1(O)C(=O)N(Cc2ccccc2Cl)c2ccc(Cl)cc21)c1cccc(-n2cccc2)c1. The zero-order valence-corrected chi connectivity index (χ0v) is 19.5. The number of carbonyl (C=O) groups excluding carboxylic acids is 2. The molecule has 34 heavy (non-hydrogen) atoms. The van der Waals surface area contributed by atoms with Crippen molar-refractivity contribution in [1.29, 1.82) is 0 Å². The number of nitrogens with zero attached hydrogens (tertiary/aromatic N) is 2. The average Bonchev–Trinajstić information content (AvgIpc) is 3.44. The first-order valence-corrected chi connectivity index (χ1v) is 11.5. The molecule has 170 valence electrons. The summed E-state index contributed by atoms with van der Waals surface area (Å²) in [5.74, 6) is -0.935. The fourth-order valence-corrected chi connectivity index (χ4v) is 4.70. The summed E-state index contributed by atoms with van der Waals surface area (Å²) in [6.45, 7) is 0.159. The predicted octanol–water partition coefficient (Wildman–Crippen LogP) is 5.79. The molecule has 0 saturated carbocycles. The first-order valence-electron chi connectivity index (χ1n) is 10.7. The van der Waals surface area contributed by atoms with Gasteiger partial charge in [-0.05, 0) is 54.1 Å². The van der Waals surface area contributed by atoms with E-state index in [4.69, 9.17) is 23.2 Å². The largest absolute Gasteiger partial charge is 0.375 e. The molecule has 1 unspecified atom stereocenters. The molecule has 0 saturated heterocycles. The first-order chi connectivity index (χ1) is 16.4. The summed E-state index contributed by atoms with van der Waals surface area (Å²) in [5.41, 5.74) is 0.721. The van der Waals surface area contributed by atoms with Crippen molar-refractivity contribution in [3.05, 3.63) is 118 Å². The van der Waals surface area contributed by atoms with Crippen LogP contribution < -0.4 is 4.90 Å². The molecule has 1 aliphatic rings. The Balaban J connectivity index is 1.49. The lowest BCUT2D eigenvalue weighted by atomic mass is 9.88. The molecule has 1 aliphatic heterocycles. The van der Waals surface area contributed by atoms with Gasteiger partial charge in [0.25, 0.3) is 5.91 Å². The first kappa shape index (κ1) is 22.4. The van der Waals surface area contributed by atoms with Crippen molar-refractivity contribution in [2.24, 2.45) is 0 Å². The van der Waals surface area contributed by atoms with Gasteiger partial charge in [-0.15, -0.1) is 0 Å². The van der Waals surface area contributed by atoms with Gasteiger partial charge in [0.1, 0.15) is 0 Å². The number of halogens is 2. The summed E-state index contributed by atoms with van der Waals surface area (Å²) in [7, 11) is 0. The Bertz CT molecular complexity index is 1400. The molecule has 0 aliphatic carbocycles. The fraction of sp³-hybridized carbons (Fsp3) is 0.111. The molecule has 0 bridgehead atoms. The van der Waals surface area contributed by atoms with Crippen molar-refractivity contribution < 1.29 is 14.7 Å². The van der Waals surface area contributed by atoms with Gasteiger partial charge in [0.15, 0.2) is 11.4 Å². The van der Waals surface area contributed by atoms with Crippen LogP contribution in [0.2, 0.25) is 10.0 Å². The maximum absolute atomic E-state index is 13.6. The van der Waals surface area contributed by atoms with Crippen LogP contribution in [0.15, 0.2) is 91.3 Å². The smallest absolute Gasteiger partial charge is 0.264 e. The summed E-state index contributed by atoms with van der Waals surface area (Å²) < 4.78 is 1.88. The lowest BCUT2D eigenvalue weighted by Gasteiger charge is -2.23. The third kappa shape index (κ3) is 3.92. The highest BCUT2D eigenvalue weighted by Gasteiger charge is 2.51. The third-order valence-corrected chi connectivity index (χ3v) is 6.67. The summed E-state index contributed by atoms with van der Waals surface area (Å²) in [6, 6.07) is 22.9. The van der Waals surface area contributed by atoms with Crippen molar-refractivity contribution >= 4 is 40.6 Å². The second kappa shape index (κ2) is 8.76. The number of anilines is 1. The lowest BCUT2D eigenvalue weighted by Crippen LogP contribution is -2.41. The van der Waals surface area contributed by atoms with E-state index in [1.807, 2.05) is 53.4 Å². The van der Waals surface area contributed by atoms with E-state index < -0.39 is 17.9 Å². The van der Waals surface area contributed by atoms with E-state index in [1.165, 1.54) is 4.90 Å². The van der Waals surface area contributed by atoms with E-state index in [0.717, 1.165) is 11.3 Å². The number of hydrogen-bond acceptors (Lipinski definition) is 3. The van der Waals surface area contributed by atoms with E-state index >= 15 is 0 Å². The van der Waals surface area contributed by atoms with Crippen LogP contribution in [0.1, 0.15) is 27.9 Å². The third-order valence-electron chi connectivity index (χ3n) is 6.07. The zero-order valence-electron chi connectivity index (χ0n) is 18.0. The van der Waals surface area contributed by atoms with Crippen LogP contribution in [0, 0.1) is 0 Å². The van der Waals surface area contributed by atoms with Gasteiger partial charge in [-0.3, -0.25) is 9.59 Å². The van der Waals surface area contributed by atoms with Crippen molar-refractivity contribution in [3.63, 3.8) is 0 Å². The molecule has 1 aromatic heterocycles. The topological polar surface area (TPSA) is 62.5 Å². The van der Waals surface area contributed by atoms with E-state index in [9.17, 15) is 14.7 Å². The molecular formula is C27H20Cl2N2O3. The highest BCUT2D eigenvalue weighted by molar-refractivity contribution is 6.31. The van der Waals surface area contributed by atoms with Gasteiger partial charge in [-0.2, -0.15) is 0 Å². The lowest BCUT2D eigenvalue weighted by molar-refractivity contribution is -0.136. The molecule has 4 aromatic rings. The van der Waals surface area contributed by atoms with Gasteiger partial charge < -0.3 is 14.6 Å². The highest BCUT2D eigenvalue weighted by Crippen LogP contribution is 2.45. The normalized spacial score (nSPS) is 17.1. The van der Waals surface area contributed by atoms with Crippen LogP contribution in [-0.4, -0.2) is 21.4 Å². The Morgan fingerprint density at radius 3 is 2.44 bits per heavy atom. The molecule has 7 heteroatoms.